The van der Waals surface area contributed by atoms with Crippen molar-refractivity contribution in [1.29, 1.82) is 0 Å². The molecule has 112 valence electrons. The second-order valence-corrected chi connectivity index (χ2v) is 6.25. The van der Waals surface area contributed by atoms with Crippen LogP contribution < -0.4 is 15.2 Å². The van der Waals surface area contributed by atoms with E-state index < -0.39 is 15.9 Å². The van der Waals surface area contributed by atoms with E-state index in [0.717, 1.165) is 10.8 Å². The summed E-state index contributed by atoms with van der Waals surface area (Å²) in [6.45, 7) is -0.207. The van der Waals surface area contributed by atoms with Gasteiger partial charge in [-0.05, 0) is 22.9 Å². The summed E-state index contributed by atoms with van der Waals surface area (Å²) in [5.74, 6) is -0.114. The number of carbonyl (C=O) groups is 1. The van der Waals surface area contributed by atoms with Crippen LogP contribution in [0.1, 0.15) is 0 Å². The summed E-state index contributed by atoms with van der Waals surface area (Å²) in [4.78, 5) is 11.5. The van der Waals surface area contributed by atoms with Gasteiger partial charge in [-0.2, -0.15) is 0 Å². The van der Waals surface area contributed by atoms with Gasteiger partial charge in [0.1, 0.15) is 5.75 Å². The van der Waals surface area contributed by atoms with E-state index in [1.165, 1.54) is 0 Å². The smallest absolute Gasteiger partial charge is 0.257 e. The molecule has 3 N–H and O–H groups in total. The fraction of sp³-hybridized carbons (Fsp3) is 0.214. The van der Waals surface area contributed by atoms with Crippen LogP contribution in [0.2, 0.25) is 0 Å². The van der Waals surface area contributed by atoms with E-state index >= 15 is 0 Å². The number of primary sulfonamides is 1. The molecule has 1 amide bonds. The maximum absolute atomic E-state index is 11.5. The molecule has 0 spiro atoms. The Morgan fingerprint density at radius 2 is 1.86 bits per heavy atom. The predicted molar refractivity (Wildman–Crippen MR) is 80.4 cm³/mol. The fourth-order valence-corrected chi connectivity index (χ4v) is 2.18. The Bertz CT molecular complexity index is 743. The quantitative estimate of drug-likeness (QED) is 0.817. The number of rotatable bonds is 6. The van der Waals surface area contributed by atoms with Crippen LogP contribution in [-0.4, -0.2) is 33.2 Å². The third-order valence-electron chi connectivity index (χ3n) is 2.80. The average molecular weight is 308 g/mol. The first-order valence-electron chi connectivity index (χ1n) is 6.33. The van der Waals surface area contributed by atoms with Crippen molar-refractivity contribution < 1.29 is 17.9 Å². The molecule has 0 aliphatic carbocycles. The van der Waals surface area contributed by atoms with Gasteiger partial charge in [0, 0.05) is 6.54 Å². The summed E-state index contributed by atoms with van der Waals surface area (Å²) in [6.07, 6.45) is 0. The standard InChI is InChI=1S/C14H16N2O4S/c15-21(18,19)8-7-16-14(17)10-20-13-6-5-11-3-1-2-4-12(11)9-13/h1-6,9H,7-8,10H2,(H,16,17)(H2,15,18,19). The van der Waals surface area contributed by atoms with Crippen molar-refractivity contribution >= 4 is 26.7 Å². The lowest BCUT2D eigenvalue weighted by molar-refractivity contribution is -0.122. The number of sulfonamides is 1. The van der Waals surface area contributed by atoms with Gasteiger partial charge in [-0.15, -0.1) is 0 Å². The zero-order chi connectivity index (χ0) is 15.3. The molecule has 0 saturated carbocycles. The molecule has 0 aliphatic rings. The number of nitrogens with one attached hydrogen (secondary N) is 1. The summed E-state index contributed by atoms with van der Waals surface area (Å²) in [5, 5.41) is 9.36. The zero-order valence-corrected chi connectivity index (χ0v) is 12.1. The third kappa shape index (κ3) is 5.05. The van der Waals surface area contributed by atoms with Crippen LogP contribution in [0.4, 0.5) is 0 Å². The molecule has 0 unspecified atom stereocenters. The summed E-state index contributed by atoms with van der Waals surface area (Å²) >= 11 is 0. The van der Waals surface area contributed by atoms with Gasteiger partial charge < -0.3 is 10.1 Å². The third-order valence-corrected chi connectivity index (χ3v) is 3.57. The Morgan fingerprint density at radius 3 is 2.57 bits per heavy atom. The largest absolute Gasteiger partial charge is 0.484 e. The number of carbonyl (C=O) groups excluding carboxylic acids is 1. The van der Waals surface area contributed by atoms with E-state index in [1.807, 2.05) is 36.4 Å². The highest BCUT2D eigenvalue weighted by atomic mass is 32.2. The highest BCUT2D eigenvalue weighted by Crippen LogP contribution is 2.20. The molecule has 7 heteroatoms. The minimum atomic E-state index is -3.57. The molecule has 2 aromatic carbocycles. The molecule has 0 aliphatic heterocycles. The number of hydrogen-bond donors (Lipinski definition) is 2. The van der Waals surface area contributed by atoms with E-state index in [2.05, 4.69) is 5.32 Å². The number of hydrogen-bond acceptors (Lipinski definition) is 4. The van der Waals surface area contributed by atoms with Crippen LogP contribution in [0.15, 0.2) is 42.5 Å². The van der Waals surface area contributed by atoms with Crippen LogP contribution in [0.25, 0.3) is 10.8 Å². The highest BCUT2D eigenvalue weighted by molar-refractivity contribution is 7.89. The minimum absolute atomic E-state index is 0.0290. The molecule has 0 saturated heterocycles. The van der Waals surface area contributed by atoms with Crippen LogP contribution in [-0.2, 0) is 14.8 Å². The molecule has 0 radical (unpaired) electrons. The molecule has 2 aromatic rings. The van der Waals surface area contributed by atoms with E-state index in [0.29, 0.717) is 5.75 Å². The first kappa shape index (κ1) is 15.3. The van der Waals surface area contributed by atoms with Gasteiger partial charge in [-0.1, -0.05) is 30.3 Å². The van der Waals surface area contributed by atoms with Gasteiger partial charge in [0.15, 0.2) is 6.61 Å². The summed E-state index contributed by atoms with van der Waals surface area (Å²) in [7, 11) is -3.57. The molecular weight excluding hydrogens is 292 g/mol. The van der Waals surface area contributed by atoms with Crippen LogP contribution >= 0.6 is 0 Å². The summed E-state index contributed by atoms with van der Waals surface area (Å²) in [5.41, 5.74) is 0. The van der Waals surface area contributed by atoms with Gasteiger partial charge in [-0.3, -0.25) is 4.79 Å². The molecule has 6 nitrogen and oxygen atoms in total. The Kier molecular flexibility index (Phi) is 4.77. The van der Waals surface area contributed by atoms with Crippen LogP contribution in [0.3, 0.4) is 0 Å². The Hall–Kier alpha value is -2.12. The van der Waals surface area contributed by atoms with Crippen molar-refractivity contribution in [3.8, 4) is 5.75 Å². The lowest BCUT2D eigenvalue weighted by atomic mass is 10.1. The van der Waals surface area contributed by atoms with Crippen molar-refractivity contribution in [2.45, 2.75) is 0 Å². The molecule has 2 rings (SSSR count). The lowest BCUT2D eigenvalue weighted by Crippen LogP contribution is -2.34. The molecule has 0 atom stereocenters. The number of fused-ring (bicyclic) bond motifs is 1. The monoisotopic (exact) mass is 308 g/mol. The van der Waals surface area contributed by atoms with E-state index in [4.69, 9.17) is 9.88 Å². The van der Waals surface area contributed by atoms with Crippen molar-refractivity contribution in [3.63, 3.8) is 0 Å². The second-order valence-electron chi connectivity index (χ2n) is 4.51. The Balaban J connectivity index is 1.85. The van der Waals surface area contributed by atoms with Crippen LogP contribution in [0, 0.1) is 0 Å². The van der Waals surface area contributed by atoms with Crippen molar-refractivity contribution in [1.82, 2.24) is 5.32 Å². The van der Waals surface area contributed by atoms with Gasteiger partial charge >= 0.3 is 0 Å². The van der Waals surface area contributed by atoms with Crippen molar-refractivity contribution in [2.75, 3.05) is 18.9 Å². The fourth-order valence-electron chi connectivity index (χ4n) is 1.79. The molecule has 0 bridgehead atoms. The number of nitrogens with two attached hydrogens (primary N) is 1. The molecule has 0 heterocycles. The van der Waals surface area contributed by atoms with Gasteiger partial charge in [0.05, 0.1) is 5.75 Å². The Labute approximate surface area is 122 Å². The van der Waals surface area contributed by atoms with E-state index in [9.17, 15) is 13.2 Å². The maximum Gasteiger partial charge on any atom is 0.257 e. The first-order valence-corrected chi connectivity index (χ1v) is 8.04. The molecule has 0 fully saturated rings. The predicted octanol–water partition coefficient (Wildman–Crippen LogP) is 0.623. The highest BCUT2D eigenvalue weighted by Gasteiger charge is 2.06. The van der Waals surface area contributed by atoms with Crippen molar-refractivity contribution in [2.24, 2.45) is 5.14 Å². The molecular formula is C14H16N2O4S. The number of benzene rings is 2. The lowest BCUT2D eigenvalue weighted by Gasteiger charge is -2.08. The van der Waals surface area contributed by atoms with Gasteiger partial charge in [0.2, 0.25) is 10.0 Å². The molecule has 21 heavy (non-hydrogen) atoms. The van der Waals surface area contributed by atoms with Crippen LogP contribution in [0.5, 0.6) is 5.75 Å². The summed E-state index contributed by atoms with van der Waals surface area (Å²) in [6, 6.07) is 13.3. The summed E-state index contributed by atoms with van der Waals surface area (Å²) < 4.78 is 26.8. The SMILES string of the molecule is NS(=O)(=O)CCNC(=O)COc1ccc2ccccc2c1. The Morgan fingerprint density at radius 1 is 1.14 bits per heavy atom. The maximum atomic E-state index is 11.5. The average Bonchev–Trinajstić information content (AvgIpc) is 2.43. The van der Waals surface area contributed by atoms with E-state index in [1.54, 1.807) is 6.07 Å². The van der Waals surface area contributed by atoms with E-state index in [-0.39, 0.29) is 18.9 Å². The van der Waals surface area contributed by atoms with Gasteiger partial charge in [0.25, 0.3) is 5.91 Å². The minimum Gasteiger partial charge on any atom is -0.484 e. The normalized spacial score (nSPS) is 11.3. The van der Waals surface area contributed by atoms with Gasteiger partial charge in [-0.25, -0.2) is 13.6 Å². The number of ether oxygens (including phenoxy) is 1. The first-order chi connectivity index (χ1) is 9.94. The molecule has 0 aromatic heterocycles. The number of amides is 1. The zero-order valence-electron chi connectivity index (χ0n) is 11.3. The second kappa shape index (κ2) is 6.55. The topological polar surface area (TPSA) is 98.5 Å². The van der Waals surface area contributed by atoms with Crippen molar-refractivity contribution in [3.05, 3.63) is 42.5 Å².